The zero-order valence-corrected chi connectivity index (χ0v) is 52.2. The van der Waals surface area contributed by atoms with E-state index in [1.54, 1.807) is 60.9 Å². The number of amides is 1. The van der Waals surface area contributed by atoms with Gasteiger partial charge in [-0.3, -0.25) is 14.5 Å². The molecule has 85 heavy (non-hydrogen) atoms. The second-order valence-corrected chi connectivity index (χ2v) is 26.4. The lowest BCUT2D eigenvalue weighted by Gasteiger charge is -2.49. The predicted molar refractivity (Wildman–Crippen MR) is 316 cm³/mol. The number of ether oxygens (including phenoxy) is 6. The number of aliphatic hydroxyl groups excluding tert-OH is 3. The van der Waals surface area contributed by atoms with E-state index >= 15 is 0 Å². The minimum atomic E-state index is -1.87. The summed E-state index contributed by atoms with van der Waals surface area (Å²) in [6.45, 7) is 18.4. The maximum Gasteiger partial charge on any atom is 0.311 e. The number of nitriles is 1. The van der Waals surface area contributed by atoms with Crippen molar-refractivity contribution in [1.82, 2.24) is 34.2 Å². The van der Waals surface area contributed by atoms with Crippen molar-refractivity contribution in [1.29, 1.82) is 5.26 Å². The van der Waals surface area contributed by atoms with Crippen molar-refractivity contribution < 1.29 is 68.0 Å². The number of methoxy groups -OCH3 is 1. The quantitative estimate of drug-likeness (QED) is 0.0440. The fourth-order valence-corrected chi connectivity index (χ4v) is 14.8. The average Bonchev–Trinajstić information content (AvgIpc) is 1.69. The minimum absolute atomic E-state index is 0.0759. The van der Waals surface area contributed by atoms with Gasteiger partial charge in [-0.25, -0.2) is 9.97 Å². The highest BCUT2D eigenvalue weighted by atomic mass is 16.7. The minimum Gasteiger partial charge on any atom is -0.459 e. The smallest absolute Gasteiger partial charge is 0.311 e. The first kappa shape index (κ1) is 64.6. The van der Waals surface area contributed by atoms with Crippen LogP contribution in [-0.4, -0.2) is 210 Å². The van der Waals surface area contributed by atoms with Crippen LogP contribution in [0, 0.1) is 40.9 Å². The molecule has 1 amide bonds. The number of aromatic amines is 1. The van der Waals surface area contributed by atoms with Gasteiger partial charge in [0.2, 0.25) is 0 Å². The van der Waals surface area contributed by atoms with E-state index in [0.717, 1.165) is 22.1 Å². The second kappa shape index (κ2) is 25.7. The second-order valence-electron chi connectivity index (χ2n) is 26.4. The van der Waals surface area contributed by atoms with Crippen molar-refractivity contribution in [3.8, 4) is 17.7 Å². The number of pyridine rings is 1. The highest BCUT2D eigenvalue weighted by Gasteiger charge is 2.56. The molecule has 6 N–H and O–H groups in total. The summed E-state index contributed by atoms with van der Waals surface area (Å²) in [5.41, 5.74) is -2.17. The van der Waals surface area contributed by atoms with E-state index in [1.165, 1.54) is 44.3 Å². The molecule has 0 spiro atoms. The first-order chi connectivity index (χ1) is 40.1. The molecule has 2 saturated carbocycles. The third-order valence-corrected chi connectivity index (χ3v) is 19.8. The van der Waals surface area contributed by atoms with Crippen molar-refractivity contribution in [2.75, 3.05) is 47.9 Å². The van der Waals surface area contributed by atoms with Gasteiger partial charge in [0.05, 0.1) is 65.4 Å². The van der Waals surface area contributed by atoms with E-state index in [9.17, 15) is 40.4 Å². The molecule has 5 fully saturated rings. The molecule has 22 heteroatoms. The molecule has 0 radical (unpaired) electrons. The molecule has 21 atom stereocenters. The molecule has 470 valence electrons. The SMILES string of the molecule is CC[C@H]1OC(=O)[C@H](C)[C@@H](O[C@H]2C[C@@](C)(OC)[C@@H](O)[C@H](C)O2)[C@H](C)[C@@H](O[C@@H]2O[C@H](C)C[C@@H](O)[C@@H]2N(C)CCCN(C)C(=O)/C(C#N)=C/c2ccc(-c3nc4cnc5[nH]ccc5c4n3C3[C@H]4CCC[C@@H]34)o2)[C@](C)(O)C[C@@H](C)CN(C)[C@H](C)[C@@H](O)[C@]1(C)O. The van der Waals surface area contributed by atoms with Gasteiger partial charge in [-0.05, 0) is 131 Å². The maximum atomic E-state index is 14.6. The number of H-pyrrole nitrogens is 1. The van der Waals surface area contributed by atoms with Gasteiger partial charge < -0.3 is 77.7 Å². The summed E-state index contributed by atoms with van der Waals surface area (Å²) in [6.07, 6.45) is -0.279. The molecule has 4 aromatic heterocycles. The number of rotatable bonds is 15. The lowest BCUT2D eigenvalue weighted by atomic mass is 9.77. The van der Waals surface area contributed by atoms with Crippen LogP contribution in [0.4, 0.5) is 0 Å². The number of imidazole rings is 1. The van der Waals surface area contributed by atoms with Crippen LogP contribution < -0.4 is 0 Å². The van der Waals surface area contributed by atoms with Gasteiger partial charge in [0.1, 0.15) is 52.5 Å². The summed E-state index contributed by atoms with van der Waals surface area (Å²) in [7, 11) is 6.79. The highest BCUT2D eigenvalue weighted by molar-refractivity contribution is 6.03. The molecule has 0 bridgehead atoms. The number of aromatic nitrogens is 4. The lowest BCUT2D eigenvalue weighted by Crippen LogP contribution is -2.61. The molecule has 3 aliphatic heterocycles. The van der Waals surface area contributed by atoms with Crippen LogP contribution in [0.25, 0.3) is 39.7 Å². The van der Waals surface area contributed by atoms with E-state index < -0.39 is 114 Å². The molecule has 4 aromatic rings. The van der Waals surface area contributed by atoms with Crippen molar-refractivity contribution in [2.45, 2.75) is 217 Å². The standard InChI is InChI=1S/C63H94N8O14/c1-15-47-63(10,78)53(73)37(6)70(13)32-33(2)28-61(8,77)55(35(4)52(36(5)59(76)83-47)84-48-29-62(9,79-14)54(74)38(7)81-48)85-60-51(45(72)26-34(3)80-60)68(11)24-17-25-69(12)58(75)39(30-64)27-40-20-21-46(82-40)57-67-44-31-66-56-43(22-23-65-56)50(44)71(57)49-41-18-16-19-42(41)49/h20-23,27,31,33-38,41-42,45,47-49,51-55,60,72-74,77-78H,15-19,24-26,28-29,32H2,1-14H3,(H,65,66)/b39-27+/t33-,34-,35+,36-,37-,38+,41-,42+,45-,47-,48+,49?,51+,52+,53-,54+,55-,60+,61-,62-,63-/m1/s1. The average molecular weight is 1190 g/mol. The van der Waals surface area contributed by atoms with E-state index in [1.807, 2.05) is 63.0 Å². The molecular weight excluding hydrogens is 1090 g/mol. The number of carbonyl (C=O) groups excluding carboxylic acids is 2. The lowest BCUT2D eigenvalue weighted by molar-refractivity contribution is -0.315. The number of carbonyl (C=O) groups is 2. The Bertz CT molecular complexity index is 3030. The van der Waals surface area contributed by atoms with Crippen LogP contribution in [-0.2, 0) is 38.0 Å². The Labute approximate surface area is 499 Å². The van der Waals surface area contributed by atoms with Crippen molar-refractivity contribution in [2.24, 2.45) is 29.6 Å². The van der Waals surface area contributed by atoms with E-state index in [-0.39, 0.29) is 43.7 Å². The Morgan fingerprint density at radius 2 is 1.71 bits per heavy atom. The topological polar surface area (TPSA) is 284 Å². The number of nitrogens with zero attached hydrogens (tertiary/aromatic N) is 7. The fraction of sp³-hybridized carbons (Fsp3) is 0.730. The summed E-state index contributed by atoms with van der Waals surface area (Å²) in [5, 5.41) is 71.3. The Balaban J connectivity index is 0.941. The first-order valence-corrected chi connectivity index (χ1v) is 30.7. The maximum absolute atomic E-state index is 14.6. The van der Waals surface area contributed by atoms with Gasteiger partial charge in [-0.15, -0.1) is 0 Å². The molecule has 2 aliphatic carbocycles. The van der Waals surface area contributed by atoms with E-state index in [2.05, 4.69) is 20.6 Å². The number of hydrogen-bond donors (Lipinski definition) is 6. The molecule has 7 heterocycles. The van der Waals surface area contributed by atoms with Crippen molar-refractivity contribution in [3.63, 3.8) is 0 Å². The number of likely N-dealkylation sites (N-methyl/N-ethyl adjacent to an activating group) is 3. The first-order valence-electron chi connectivity index (χ1n) is 30.7. The van der Waals surface area contributed by atoms with Crippen LogP contribution in [0.2, 0.25) is 0 Å². The van der Waals surface area contributed by atoms with Crippen LogP contribution in [0.3, 0.4) is 0 Å². The Morgan fingerprint density at radius 3 is 2.39 bits per heavy atom. The molecule has 3 saturated heterocycles. The molecule has 9 rings (SSSR count). The van der Waals surface area contributed by atoms with Crippen LogP contribution >= 0.6 is 0 Å². The zero-order valence-electron chi connectivity index (χ0n) is 52.2. The Kier molecular flexibility index (Phi) is 19.5. The number of cyclic esters (lactones) is 1. The number of fused-ring (bicyclic) bond motifs is 4. The van der Waals surface area contributed by atoms with Gasteiger partial charge >= 0.3 is 5.97 Å². The van der Waals surface area contributed by atoms with E-state index in [4.69, 9.17) is 37.8 Å². The fourth-order valence-electron chi connectivity index (χ4n) is 14.8. The summed E-state index contributed by atoms with van der Waals surface area (Å²) >= 11 is 0. The largest absolute Gasteiger partial charge is 0.459 e. The number of furan rings is 1. The van der Waals surface area contributed by atoms with E-state index in [0.29, 0.717) is 54.7 Å². The number of aliphatic hydroxyl groups is 5. The third kappa shape index (κ3) is 13.0. The molecular formula is C63H94N8O14. The number of hydrogen-bond acceptors (Lipinski definition) is 19. The summed E-state index contributed by atoms with van der Waals surface area (Å²) < 4.78 is 47.6. The van der Waals surface area contributed by atoms with Gasteiger partial charge in [-0.2, -0.15) is 5.26 Å². The van der Waals surface area contributed by atoms with Gasteiger partial charge in [0, 0.05) is 82.3 Å². The highest BCUT2D eigenvalue weighted by Crippen LogP contribution is 2.62. The number of nitrogens with one attached hydrogen (secondary N) is 1. The molecule has 1 unspecified atom stereocenters. The van der Waals surface area contributed by atoms with Crippen LogP contribution in [0.15, 0.2) is 40.6 Å². The molecule has 22 nitrogen and oxygen atoms in total. The summed E-state index contributed by atoms with van der Waals surface area (Å²) in [6, 6.07) is 6.60. The predicted octanol–water partition coefficient (Wildman–Crippen LogP) is 6.18. The van der Waals surface area contributed by atoms with Crippen molar-refractivity contribution >= 4 is 40.0 Å². The van der Waals surface area contributed by atoms with Gasteiger partial charge in [0.25, 0.3) is 5.91 Å². The molecule has 0 aromatic carbocycles. The van der Waals surface area contributed by atoms with Crippen LogP contribution in [0.5, 0.6) is 0 Å². The summed E-state index contributed by atoms with van der Waals surface area (Å²) in [4.78, 5) is 46.8. The Hall–Kier alpha value is -4.87. The van der Waals surface area contributed by atoms with Crippen LogP contribution in [0.1, 0.15) is 132 Å². The van der Waals surface area contributed by atoms with Gasteiger partial charge in [-0.1, -0.05) is 27.2 Å². The molecule has 5 aliphatic rings. The Morgan fingerprint density at radius 1 is 0.988 bits per heavy atom. The van der Waals surface area contributed by atoms with Gasteiger partial charge in [0.15, 0.2) is 24.2 Å². The third-order valence-electron chi connectivity index (χ3n) is 19.8. The normalized spacial score (nSPS) is 39.1. The zero-order chi connectivity index (χ0) is 61.8. The monoisotopic (exact) mass is 1190 g/mol. The van der Waals surface area contributed by atoms with Crippen molar-refractivity contribution in [3.05, 3.63) is 41.9 Å². The number of esters is 1. The summed E-state index contributed by atoms with van der Waals surface area (Å²) in [5.74, 6) is -0.688.